The fraction of sp³-hybridized carbons (Fsp3) is 0.250. The maximum Gasteiger partial charge on any atom is 1.00 e. The van der Waals surface area contributed by atoms with Gasteiger partial charge in [0, 0.05) is 14.1 Å². The normalized spacial score (nSPS) is 10.8. The Kier molecular flexibility index (Phi) is 5.70. The minimum Gasteiger partial charge on any atom is -1.00 e. The van der Waals surface area contributed by atoms with Gasteiger partial charge in [-0.2, -0.15) is 12.7 Å². The molecule has 0 atom stereocenters. The van der Waals surface area contributed by atoms with E-state index in [9.17, 15) is 8.42 Å². The van der Waals surface area contributed by atoms with Crippen molar-refractivity contribution in [1.82, 2.24) is 4.31 Å². The van der Waals surface area contributed by atoms with Crippen LogP contribution in [0.25, 0.3) is 0 Å². The van der Waals surface area contributed by atoms with Gasteiger partial charge >= 0.3 is 39.9 Å². The van der Waals surface area contributed by atoms with Gasteiger partial charge in [-0.1, -0.05) is 18.2 Å². The van der Waals surface area contributed by atoms with Crippen LogP contribution in [0.15, 0.2) is 30.3 Å². The first kappa shape index (κ1) is 13.9. The van der Waals surface area contributed by atoms with Crippen LogP contribution in [0.2, 0.25) is 0 Å². The summed E-state index contributed by atoms with van der Waals surface area (Å²) in [5.74, 6) is 0.316. The molecule has 0 aliphatic rings. The van der Waals surface area contributed by atoms with Gasteiger partial charge in [0.1, 0.15) is 5.75 Å². The average Bonchev–Trinajstić information content (AvgIpc) is 2.05. The molecular formula is C8H12NNaO3S. The third-order valence-corrected chi connectivity index (χ3v) is 2.69. The van der Waals surface area contributed by atoms with E-state index < -0.39 is 10.3 Å². The van der Waals surface area contributed by atoms with Gasteiger partial charge in [0.2, 0.25) is 0 Å². The van der Waals surface area contributed by atoms with Crippen LogP contribution in [0, 0.1) is 0 Å². The van der Waals surface area contributed by atoms with Crippen molar-refractivity contribution in [1.29, 1.82) is 0 Å². The van der Waals surface area contributed by atoms with Crippen LogP contribution in [-0.2, 0) is 10.3 Å². The second-order valence-electron chi connectivity index (χ2n) is 2.64. The Bertz CT molecular complexity index is 369. The summed E-state index contributed by atoms with van der Waals surface area (Å²) in [4.78, 5) is 0. The molecule has 0 bridgehead atoms. The molecule has 0 unspecified atom stereocenters. The SMILES string of the molecule is CN(C)S(=O)(=O)Oc1ccccc1.[H-].[Na+]. The van der Waals surface area contributed by atoms with E-state index in [4.69, 9.17) is 4.18 Å². The molecule has 0 amide bonds. The second-order valence-corrected chi connectivity index (χ2v) is 4.39. The first-order valence-corrected chi connectivity index (χ1v) is 5.06. The number of rotatable bonds is 3. The Morgan fingerprint density at radius 2 is 1.71 bits per heavy atom. The Balaban J connectivity index is 0. The zero-order valence-corrected chi connectivity index (χ0v) is 11.3. The van der Waals surface area contributed by atoms with Crippen LogP contribution in [0.5, 0.6) is 5.75 Å². The summed E-state index contributed by atoms with van der Waals surface area (Å²) in [6, 6.07) is 8.37. The van der Waals surface area contributed by atoms with Crippen LogP contribution in [0.3, 0.4) is 0 Å². The molecule has 6 heteroatoms. The Labute approximate surface area is 108 Å². The maximum atomic E-state index is 11.2. The molecule has 0 heterocycles. The van der Waals surface area contributed by atoms with E-state index in [0.717, 1.165) is 4.31 Å². The van der Waals surface area contributed by atoms with E-state index in [1.54, 1.807) is 30.3 Å². The number of benzene rings is 1. The average molecular weight is 225 g/mol. The quantitative estimate of drug-likeness (QED) is 0.558. The molecule has 1 aromatic carbocycles. The molecule has 1 aromatic rings. The van der Waals surface area contributed by atoms with Gasteiger partial charge in [-0.25, -0.2) is 0 Å². The summed E-state index contributed by atoms with van der Waals surface area (Å²) in [6.45, 7) is 0. The molecule has 0 aromatic heterocycles. The van der Waals surface area contributed by atoms with Crippen LogP contribution >= 0.6 is 0 Å². The number of para-hydroxylation sites is 1. The van der Waals surface area contributed by atoms with Crippen molar-refractivity contribution in [3.63, 3.8) is 0 Å². The molecule has 0 N–H and O–H groups in total. The second kappa shape index (κ2) is 5.72. The Morgan fingerprint density at radius 3 is 2.14 bits per heavy atom. The van der Waals surface area contributed by atoms with Crippen molar-refractivity contribution in [2.45, 2.75) is 0 Å². The minimum absolute atomic E-state index is 0. The zero-order valence-electron chi connectivity index (χ0n) is 9.47. The van der Waals surface area contributed by atoms with Gasteiger partial charge in [-0.15, -0.1) is 0 Å². The number of hydrogen-bond donors (Lipinski definition) is 0. The van der Waals surface area contributed by atoms with E-state index in [-0.39, 0.29) is 31.0 Å². The predicted octanol–water partition coefficient (Wildman–Crippen LogP) is -2.01. The maximum absolute atomic E-state index is 11.2. The van der Waals surface area contributed by atoms with E-state index in [2.05, 4.69) is 0 Å². The summed E-state index contributed by atoms with van der Waals surface area (Å²) in [5, 5.41) is 0. The van der Waals surface area contributed by atoms with Gasteiger partial charge in [0.05, 0.1) is 0 Å². The van der Waals surface area contributed by atoms with Gasteiger partial charge in [0.15, 0.2) is 0 Å². The topological polar surface area (TPSA) is 46.6 Å². The van der Waals surface area contributed by atoms with Gasteiger partial charge in [0.25, 0.3) is 0 Å². The Hall–Kier alpha value is -0.0700. The number of nitrogens with zero attached hydrogens (tertiary/aromatic N) is 1. The Morgan fingerprint density at radius 1 is 1.21 bits per heavy atom. The molecule has 0 aliphatic carbocycles. The third-order valence-electron chi connectivity index (χ3n) is 1.39. The molecule has 0 spiro atoms. The van der Waals surface area contributed by atoms with Crippen LogP contribution in [-0.4, -0.2) is 26.8 Å². The fourth-order valence-corrected chi connectivity index (χ4v) is 1.18. The smallest absolute Gasteiger partial charge is 1.00 e. The summed E-state index contributed by atoms with van der Waals surface area (Å²) < 4.78 is 28.2. The van der Waals surface area contributed by atoms with Crippen molar-refractivity contribution < 1.29 is 43.6 Å². The summed E-state index contributed by atoms with van der Waals surface area (Å²) >= 11 is 0. The first-order chi connectivity index (χ1) is 6.02. The van der Waals surface area contributed by atoms with E-state index in [1.165, 1.54) is 14.1 Å². The summed E-state index contributed by atoms with van der Waals surface area (Å²) in [6.07, 6.45) is 0. The summed E-state index contributed by atoms with van der Waals surface area (Å²) in [5.41, 5.74) is 0. The van der Waals surface area contributed by atoms with Crippen LogP contribution in [0.1, 0.15) is 1.43 Å². The van der Waals surface area contributed by atoms with Gasteiger partial charge < -0.3 is 5.61 Å². The van der Waals surface area contributed by atoms with Crippen LogP contribution < -0.4 is 33.7 Å². The fourth-order valence-electron chi connectivity index (χ4n) is 0.672. The van der Waals surface area contributed by atoms with Crippen molar-refractivity contribution in [2.24, 2.45) is 0 Å². The van der Waals surface area contributed by atoms with Crippen molar-refractivity contribution in [2.75, 3.05) is 14.1 Å². The van der Waals surface area contributed by atoms with Crippen molar-refractivity contribution in [3.8, 4) is 5.75 Å². The molecule has 1 rings (SSSR count). The molecule has 0 aliphatic heterocycles. The summed E-state index contributed by atoms with van der Waals surface area (Å²) in [7, 11) is -0.788. The van der Waals surface area contributed by atoms with E-state index in [0.29, 0.717) is 5.75 Å². The third kappa shape index (κ3) is 3.98. The molecule has 0 saturated carbocycles. The zero-order chi connectivity index (χ0) is 9.90. The molecule has 74 valence electrons. The molecule has 0 fully saturated rings. The molecule has 4 nitrogen and oxygen atoms in total. The minimum atomic E-state index is -3.62. The predicted molar refractivity (Wildman–Crippen MR) is 50.8 cm³/mol. The molecule has 0 saturated heterocycles. The van der Waals surface area contributed by atoms with E-state index >= 15 is 0 Å². The van der Waals surface area contributed by atoms with Crippen molar-refractivity contribution >= 4 is 10.3 Å². The first-order valence-electron chi connectivity index (χ1n) is 3.69. The molecule has 14 heavy (non-hydrogen) atoms. The van der Waals surface area contributed by atoms with Crippen molar-refractivity contribution in [3.05, 3.63) is 30.3 Å². The van der Waals surface area contributed by atoms with Gasteiger partial charge in [-0.05, 0) is 12.1 Å². The molecular weight excluding hydrogens is 213 g/mol. The molecule has 0 radical (unpaired) electrons. The van der Waals surface area contributed by atoms with Gasteiger partial charge in [-0.3, -0.25) is 0 Å². The van der Waals surface area contributed by atoms with E-state index in [1.807, 2.05) is 0 Å². The number of hydrogen-bond acceptors (Lipinski definition) is 3. The van der Waals surface area contributed by atoms with Crippen LogP contribution in [0.4, 0.5) is 0 Å². The largest absolute Gasteiger partial charge is 1.00 e. The monoisotopic (exact) mass is 225 g/mol. The standard InChI is InChI=1S/C8H11NO3S.Na.H/c1-9(2)13(10,11)12-8-6-4-3-5-7-8;;/h3-7H,1-2H3;;/q;+1;-1.